The van der Waals surface area contributed by atoms with Gasteiger partial charge in [0.15, 0.2) is 0 Å². The third-order valence-corrected chi connectivity index (χ3v) is 3.04. The van der Waals surface area contributed by atoms with Crippen molar-refractivity contribution >= 4 is 6.29 Å². The van der Waals surface area contributed by atoms with Crippen LogP contribution in [0.5, 0.6) is 0 Å². The Balaban J connectivity index is 2.23. The zero-order valence-electron chi connectivity index (χ0n) is 9.65. The normalized spacial score (nSPS) is 28.3. The largest absolute Gasteiger partial charge is 0.375 e. The van der Waals surface area contributed by atoms with Crippen molar-refractivity contribution in [2.75, 3.05) is 0 Å². The monoisotopic (exact) mass is 210 g/mol. The van der Waals surface area contributed by atoms with E-state index in [4.69, 9.17) is 4.74 Å². The van der Waals surface area contributed by atoms with Crippen LogP contribution in [0.1, 0.15) is 45.4 Å². The molecule has 1 fully saturated rings. The molecule has 0 spiro atoms. The van der Waals surface area contributed by atoms with Gasteiger partial charge in [0.2, 0.25) is 0 Å². The minimum absolute atomic E-state index is 0.174. The fourth-order valence-electron chi connectivity index (χ4n) is 2.07. The summed E-state index contributed by atoms with van der Waals surface area (Å²) in [5.74, 6) is 0.174. The molecule has 0 saturated carbocycles. The highest BCUT2D eigenvalue weighted by atomic mass is 16.5. The third-order valence-electron chi connectivity index (χ3n) is 3.04. The summed E-state index contributed by atoms with van der Waals surface area (Å²) < 4.78 is 5.93. The lowest BCUT2D eigenvalue weighted by Gasteiger charge is -2.29. The quantitative estimate of drug-likeness (QED) is 0.497. The minimum Gasteiger partial charge on any atom is -0.375 e. The van der Waals surface area contributed by atoms with Gasteiger partial charge in [-0.2, -0.15) is 0 Å². The smallest absolute Gasteiger partial charge is 0.122 e. The maximum absolute atomic E-state index is 10.5. The van der Waals surface area contributed by atoms with E-state index in [1.807, 2.05) is 13.0 Å². The number of hydrogen-bond donors (Lipinski definition) is 0. The van der Waals surface area contributed by atoms with Crippen molar-refractivity contribution in [3.05, 3.63) is 12.7 Å². The molecule has 1 heterocycles. The van der Waals surface area contributed by atoms with Crippen LogP contribution in [0.25, 0.3) is 0 Å². The SMILES string of the molecule is C=CC[C@H]1CCC[C@@H](CC[C@H](C)C=O)O1. The van der Waals surface area contributed by atoms with Crippen LogP contribution in [0.3, 0.4) is 0 Å². The number of hydrogen-bond acceptors (Lipinski definition) is 2. The molecule has 1 aliphatic heterocycles. The lowest BCUT2D eigenvalue weighted by molar-refractivity contribution is -0.111. The van der Waals surface area contributed by atoms with E-state index < -0.39 is 0 Å². The van der Waals surface area contributed by atoms with Crippen LogP contribution in [-0.4, -0.2) is 18.5 Å². The summed E-state index contributed by atoms with van der Waals surface area (Å²) in [6.45, 7) is 5.71. The summed E-state index contributed by atoms with van der Waals surface area (Å²) in [4.78, 5) is 10.5. The van der Waals surface area contributed by atoms with Gasteiger partial charge < -0.3 is 9.53 Å². The molecule has 0 aromatic carbocycles. The number of ether oxygens (including phenoxy) is 1. The fourth-order valence-corrected chi connectivity index (χ4v) is 2.07. The summed E-state index contributed by atoms with van der Waals surface area (Å²) in [7, 11) is 0. The highest BCUT2D eigenvalue weighted by molar-refractivity contribution is 5.52. The topological polar surface area (TPSA) is 26.3 Å². The Morgan fingerprint density at radius 2 is 2.20 bits per heavy atom. The first-order valence-corrected chi connectivity index (χ1v) is 5.98. The first kappa shape index (κ1) is 12.4. The van der Waals surface area contributed by atoms with E-state index in [1.54, 1.807) is 0 Å². The number of aldehydes is 1. The number of rotatable bonds is 6. The highest BCUT2D eigenvalue weighted by Gasteiger charge is 2.21. The summed E-state index contributed by atoms with van der Waals surface area (Å²) in [6.07, 6.45) is 10.2. The maximum Gasteiger partial charge on any atom is 0.122 e. The molecule has 3 atom stereocenters. The third kappa shape index (κ3) is 4.61. The Morgan fingerprint density at radius 3 is 2.87 bits per heavy atom. The molecule has 0 aromatic rings. The van der Waals surface area contributed by atoms with Gasteiger partial charge in [0.05, 0.1) is 12.2 Å². The van der Waals surface area contributed by atoms with Gasteiger partial charge in [-0.25, -0.2) is 0 Å². The van der Waals surface area contributed by atoms with E-state index >= 15 is 0 Å². The minimum atomic E-state index is 0.174. The van der Waals surface area contributed by atoms with E-state index in [9.17, 15) is 4.79 Å². The van der Waals surface area contributed by atoms with Crippen molar-refractivity contribution in [3.8, 4) is 0 Å². The standard InChI is InChI=1S/C13H22O2/c1-3-5-12-6-4-7-13(15-12)9-8-11(2)10-14/h3,10-13H,1,4-9H2,2H3/t11-,12-,13-/m0/s1. The Morgan fingerprint density at radius 1 is 1.47 bits per heavy atom. The van der Waals surface area contributed by atoms with E-state index in [0.717, 1.165) is 38.4 Å². The fraction of sp³-hybridized carbons (Fsp3) is 0.769. The van der Waals surface area contributed by atoms with Gasteiger partial charge in [0, 0.05) is 5.92 Å². The van der Waals surface area contributed by atoms with Crippen LogP contribution in [-0.2, 0) is 9.53 Å². The second-order valence-electron chi connectivity index (χ2n) is 4.53. The highest BCUT2D eigenvalue weighted by Crippen LogP contribution is 2.25. The van der Waals surface area contributed by atoms with E-state index in [2.05, 4.69) is 6.58 Å². The van der Waals surface area contributed by atoms with Gasteiger partial charge in [-0.3, -0.25) is 0 Å². The molecular weight excluding hydrogens is 188 g/mol. The van der Waals surface area contributed by atoms with Crippen molar-refractivity contribution in [2.24, 2.45) is 5.92 Å². The van der Waals surface area contributed by atoms with Gasteiger partial charge in [0.1, 0.15) is 6.29 Å². The summed E-state index contributed by atoms with van der Waals surface area (Å²) in [6, 6.07) is 0. The molecule has 0 aliphatic carbocycles. The number of carbonyl (C=O) groups is 1. The van der Waals surface area contributed by atoms with Crippen molar-refractivity contribution in [1.29, 1.82) is 0 Å². The maximum atomic E-state index is 10.5. The molecule has 0 aromatic heterocycles. The van der Waals surface area contributed by atoms with Crippen molar-refractivity contribution in [1.82, 2.24) is 0 Å². The second-order valence-corrected chi connectivity index (χ2v) is 4.53. The van der Waals surface area contributed by atoms with Gasteiger partial charge >= 0.3 is 0 Å². The summed E-state index contributed by atoms with van der Waals surface area (Å²) >= 11 is 0. The average Bonchev–Trinajstić information content (AvgIpc) is 2.27. The van der Waals surface area contributed by atoms with Gasteiger partial charge in [-0.1, -0.05) is 13.0 Å². The van der Waals surface area contributed by atoms with Crippen molar-refractivity contribution in [3.63, 3.8) is 0 Å². The van der Waals surface area contributed by atoms with Gasteiger partial charge in [-0.15, -0.1) is 6.58 Å². The van der Waals surface area contributed by atoms with Crippen LogP contribution in [0, 0.1) is 5.92 Å². The Kier molecular flexibility index (Phi) is 5.62. The Bertz CT molecular complexity index is 201. The van der Waals surface area contributed by atoms with Crippen LogP contribution in [0.15, 0.2) is 12.7 Å². The molecular formula is C13H22O2. The van der Waals surface area contributed by atoms with Crippen LogP contribution in [0.4, 0.5) is 0 Å². The lowest BCUT2D eigenvalue weighted by atomic mass is 9.96. The second kappa shape index (κ2) is 6.78. The summed E-state index contributed by atoms with van der Waals surface area (Å²) in [5, 5.41) is 0. The van der Waals surface area contributed by atoms with Crippen molar-refractivity contribution in [2.45, 2.75) is 57.7 Å². The van der Waals surface area contributed by atoms with E-state index in [0.29, 0.717) is 12.2 Å². The zero-order valence-corrected chi connectivity index (χ0v) is 9.65. The zero-order chi connectivity index (χ0) is 11.1. The molecule has 0 amide bonds. The predicted octanol–water partition coefficient (Wildman–Crippen LogP) is 3.12. The lowest BCUT2D eigenvalue weighted by Crippen LogP contribution is -2.27. The summed E-state index contributed by atoms with van der Waals surface area (Å²) in [5.41, 5.74) is 0. The van der Waals surface area contributed by atoms with E-state index in [-0.39, 0.29) is 5.92 Å². The van der Waals surface area contributed by atoms with Crippen molar-refractivity contribution < 1.29 is 9.53 Å². The van der Waals surface area contributed by atoms with Gasteiger partial charge in [-0.05, 0) is 38.5 Å². The molecule has 86 valence electrons. The molecule has 0 unspecified atom stereocenters. The van der Waals surface area contributed by atoms with Crippen LogP contribution < -0.4 is 0 Å². The average molecular weight is 210 g/mol. The predicted molar refractivity (Wildman–Crippen MR) is 61.8 cm³/mol. The Labute approximate surface area is 92.7 Å². The molecule has 0 N–H and O–H groups in total. The molecule has 2 nitrogen and oxygen atoms in total. The molecule has 1 rings (SSSR count). The molecule has 0 bridgehead atoms. The Hall–Kier alpha value is -0.630. The molecule has 1 aliphatic rings. The van der Waals surface area contributed by atoms with Crippen LogP contribution >= 0.6 is 0 Å². The molecule has 0 radical (unpaired) electrons. The molecule has 2 heteroatoms. The molecule has 15 heavy (non-hydrogen) atoms. The number of carbonyl (C=O) groups excluding carboxylic acids is 1. The first-order valence-electron chi connectivity index (χ1n) is 5.98. The van der Waals surface area contributed by atoms with Crippen LogP contribution in [0.2, 0.25) is 0 Å². The molecule has 1 saturated heterocycles. The van der Waals surface area contributed by atoms with Gasteiger partial charge in [0.25, 0.3) is 0 Å². The first-order chi connectivity index (χ1) is 7.26. The van der Waals surface area contributed by atoms with E-state index in [1.165, 1.54) is 6.42 Å².